The van der Waals surface area contributed by atoms with Gasteiger partial charge >= 0.3 is 12.8 Å². The summed E-state index contributed by atoms with van der Waals surface area (Å²) in [6, 6.07) is 7.15. The number of nitrogens with zero attached hydrogens (tertiary/aromatic N) is 3. The maximum atomic E-state index is 15.2. The number of alkyl halides is 5. The molecule has 0 bridgehead atoms. The van der Waals surface area contributed by atoms with Crippen molar-refractivity contribution in [1.82, 2.24) is 14.3 Å². The van der Waals surface area contributed by atoms with Crippen LogP contribution in [0.2, 0.25) is 0 Å². The van der Waals surface area contributed by atoms with E-state index in [9.17, 15) is 31.5 Å². The highest BCUT2D eigenvalue weighted by Crippen LogP contribution is 2.37. The summed E-state index contributed by atoms with van der Waals surface area (Å²) >= 11 is 0. The molecule has 0 saturated heterocycles. The number of rotatable bonds is 8. The fourth-order valence-corrected chi connectivity index (χ4v) is 4.04. The number of pyridine rings is 1. The van der Waals surface area contributed by atoms with Gasteiger partial charge in [0.1, 0.15) is 40.1 Å². The van der Waals surface area contributed by atoms with Gasteiger partial charge in [-0.25, -0.2) is 8.78 Å². The van der Waals surface area contributed by atoms with Gasteiger partial charge in [0.15, 0.2) is 5.82 Å². The molecule has 9 nitrogen and oxygen atoms in total. The highest BCUT2D eigenvalue weighted by atomic mass is 19.4. The van der Waals surface area contributed by atoms with E-state index in [0.29, 0.717) is 15.4 Å². The standard InChI is InChI=1S/C26H19F7N4O5/c1-36-21(19-16(27)10-14(40-2)11-17(19)28)20(35-23(38)12-4-6-13(7-5-12)42-25(29)30)24(39)37(36)22-15(26(31,32)33)8-9-18(34-22)41-3/h4-11,25H,1-3H3,(H,35,38). The summed E-state index contributed by atoms with van der Waals surface area (Å²) in [4.78, 5) is 30.5. The molecule has 42 heavy (non-hydrogen) atoms. The molecule has 0 spiro atoms. The summed E-state index contributed by atoms with van der Waals surface area (Å²) in [5.74, 6) is -5.51. The van der Waals surface area contributed by atoms with Crippen molar-refractivity contribution in [1.29, 1.82) is 0 Å². The van der Waals surface area contributed by atoms with Gasteiger partial charge in [-0.3, -0.25) is 14.3 Å². The summed E-state index contributed by atoms with van der Waals surface area (Å²) in [5.41, 5.74) is -5.34. The maximum Gasteiger partial charge on any atom is 0.420 e. The van der Waals surface area contributed by atoms with Crippen molar-refractivity contribution in [3.8, 4) is 34.5 Å². The second-order valence-electron chi connectivity index (χ2n) is 8.41. The van der Waals surface area contributed by atoms with Crippen molar-refractivity contribution in [2.75, 3.05) is 19.5 Å². The molecule has 1 N–H and O–H groups in total. The van der Waals surface area contributed by atoms with Crippen molar-refractivity contribution in [3.63, 3.8) is 0 Å². The van der Waals surface area contributed by atoms with Crippen LogP contribution >= 0.6 is 0 Å². The third-order valence-electron chi connectivity index (χ3n) is 5.90. The second kappa shape index (κ2) is 11.5. The SMILES string of the molecule is COc1cc(F)c(-c2c(NC(=O)c3ccc(OC(F)F)cc3)c(=O)n(-c3nc(OC)ccc3C(F)(F)F)n2C)c(F)c1. The lowest BCUT2D eigenvalue weighted by Gasteiger charge is -2.16. The first-order valence-corrected chi connectivity index (χ1v) is 11.6. The van der Waals surface area contributed by atoms with E-state index in [4.69, 9.17) is 9.47 Å². The third-order valence-corrected chi connectivity index (χ3v) is 5.90. The highest BCUT2D eigenvalue weighted by Gasteiger charge is 2.38. The van der Waals surface area contributed by atoms with E-state index in [2.05, 4.69) is 15.0 Å². The average molecular weight is 600 g/mol. The topological polar surface area (TPSA) is 96.6 Å². The number of methoxy groups -OCH3 is 2. The fraction of sp³-hybridized carbons (Fsp3) is 0.192. The van der Waals surface area contributed by atoms with Gasteiger partial charge in [0, 0.05) is 30.8 Å². The number of hydrogen-bond donors (Lipinski definition) is 1. The predicted molar refractivity (Wildman–Crippen MR) is 133 cm³/mol. The van der Waals surface area contributed by atoms with Crippen LogP contribution in [0.4, 0.5) is 36.4 Å². The number of aromatic nitrogens is 3. The van der Waals surface area contributed by atoms with E-state index in [1.165, 1.54) is 0 Å². The zero-order valence-corrected chi connectivity index (χ0v) is 21.7. The van der Waals surface area contributed by atoms with Crippen LogP contribution < -0.4 is 25.1 Å². The maximum absolute atomic E-state index is 15.2. The van der Waals surface area contributed by atoms with Crippen LogP contribution in [0.1, 0.15) is 15.9 Å². The Morgan fingerprint density at radius 2 is 1.57 bits per heavy atom. The van der Waals surface area contributed by atoms with E-state index < -0.39 is 64.2 Å². The summed E-state index contributed by atoms with van der Waals surface area (Å²) in [5, 5.41) is 2.17. The van der Waals surface area contributed by atoms with Gasteiger partial charge in [0.05, 0.1) is 19.8 Å². The fourth-order valence-electron chi connectivity index (χ4n) is 4.04. The molecule has 2 heterocycles. The average Bonchev–Trinajstić information content (AvgIpc) is 3.15. The minimum absolute atomic E-state index is 0.219. The lowest BCUT2D eigenvalue weighted by atomic mass is 10.1. The first-order chi connectivity index (χ1) is 19.8. The molecular formula is C26H19F7N4O5. The highest BCUT2D eigenvalue weighted by molar-refractivity contribution is 6.06. The molecule has 222 valence electrons. The Kier molecular flexibility index (Phi) is 8.17. The van der Waals surface area contributed by atoms with Crippen molar-refractivity contribution in [2.24, 2.45) is 7.05 Å². The molecular weight excluding hydrogens is 581 g/mol. The zero-order valence-electron chi connectivity index (χ0n) is 21.7. The predicted octanol–water partition coefficient (Wildman–Crippen LogP) is 5.41. The van der Waals surface area contributed by atoms with Crippen LogP contribution in [0.15, 0.2) is 53.3 Å². The van der Waals surface area contributed by atoms with Gasteiger partial charge in [-0.15, -0.1) is 0 Å². The zero-order chi connectivity index (χ0) is 30.9. The lowest BCUT2D eigenvalue weighted by molar-refractivity contribution is -0.137. The molecule has 0 fully saturated rings. The monoisotopic (exact) mass is 600 g/mol. The Morgan fingerprint density at radius 3 is 2.10 bits per heavy atom. The normalized spacial score (nSPS) is 11.5. The van der Waals surface area contributed by atoms with Gasteiger partial charge in [-0.05, 0) is 30.3 Å². The molecule has 0 aliphatic heterocycles. The smallest absolute Gasteiger partial charge is 0.420 e. The first-order valence-electron chi connectivity index (χ1n) is 11.6. The molecule has 2 aromatic heterocycles. The Hall–Kier alpha value is -5.02. The van der Waals surface area contributed by atoms with Crippen LogP contribution in [-0.2, 0) is 13.2 Å². The van der Waals surface area contributed by atoms with Crippen LogP contribution in [0, 0.1) is 11.6 Å². The largest absolute Gasteiger partial charge is 0.497 e. The van der Waals surface area contributed by atoms with Crippen molar-refractivity contribution < 1.29 is 49.7 Å². The molecule has 0 unspecified atom stereocenters. The molecule has 2 aromatic carbocycles. The Balaban J connectivity index is 1.97. The molecule has 16 heteroatoms. The number of halogens is 7. The number of carbonyl (C=O) groups excluding carboxylic acids is 1. The van der Waals surface area contributed by atoms with Crippen molar-refractivity contribution in [2.45, 2.75) is 12.8 Å². The van der Waals surface area contributed by atoms with Gasteiger partial charge in [-0.1, -0.05) is 0 Å². The molecule has 0 aliphatic carbocycles. The Bertz CT molecular complexity index is 1680. The summed E-state index contributed by atoms with van der Waals surface area (Å²) in [7, 11) is 3.27. The van der Waals surface area contributed by atoms with Gasteiger partial charge in [0.25, 0.3) is 11.5 Å². The minimum atomic E-state index is -5.04. The number of hydrogen-bond acceptors (Lipinski definition) is 6. The minimum Gasteiger partial charge on any atom is -0.497 e. The molecule has 1 amide bonds. The van der Waals surface area contributed by atoms with Gasteiger partial charge in [0.2, 0.25) is 5.88 Å². The van der Waals surface area contributed by atoms with E-state index in [0.717, 1.165) is 63.7 Å². The summed E-state index contributed by atoms with van der Waals surface area (Å²) in [6.07, 6.45) is -5.04. The second-order valence-corrected chi connectivity index (χ2v) is 8.41. The van der Waals surface area contributed by atoms with E-state index >= 15 is 8.78 Å². The molecule has 0 saturated carbocycles. The number of carbonyl (C=O) groups is 1. The summed E-state index contributed by atoms with van der Waals surface area (Å²) < 4.78 is 112. The third kappa shape index (κ3) is 5.73. The van der Waals surface area contributed by atoms with Crippen molar-refractivity contribution >= 4 is 11.6 Å². The molecule has 0 atom stereocenters. The molecule has 4 aromatic rings. The van der Waals surface area contributed by atoms with Crippen LogP contribution in [0.25, 0.3) is 17.1 Å². The lowest BCUT2D eigenvalue weighted by Crippen LogP contribution is -2.26. The van der Waals surface area contributed by atoms with E-state index in [-0.39, 0.29) is 22.9 Å². The van der Waals surface area contributed by atoms with Crippen LogP contribution in [-0.4, -0.2) is 41.1 Å². The number of ether oxygens (including phenoxy) is 3. The number of benzene rings is 2. The first kappa shape index (κ1) is 30.0. The summed E-state index contributed by atoms with van der Waals surface area (Å²) in [6.45, 7) is -3.14. The number of nitrogens with one attached hydrogen (secondary N) is 1. The van der Waals surface area contributed by atoms with Crippen LogP contribution in [0.5, 0.6) is 17.4 Å². The number of amides is 1. The van der Waals surface area contributed by atoms with Gasteiger partial charge in [-0.2, -0.15) is 31.6 Å². The molecule has 0 aliphatic rings. The molecule has 0 radical (unpaired) electrons. The Labute approximate surface area is 231 Å². The number of anilines is 1. The quantitative estimate of drug-likeness (QED) is 0.272. The molecule has 4 rings (SSSR count). The van der Waals surface area contributed by atoms with Crippen LogP contribution in [0.3, 0.4) is 0 Å². The van der Waals surface area contributed by atoms with Crippen molar-refractivity contribution in [3.05, 3.63) is 81.6 Å². The van der Waals surface area contributed by atoms with E-state index in [1.807, 2.05) is 0 Å². The Morgan fingerprint density at radius 1 is 0.952 bits per heavy atom. The van der Waals surface area contributed by atoms with E-state index in [1.54, 1.807) is 0 Å². The van der Waals surface area contributed by atoms with Gasteiger partial charge < -0.3 is 19.5 Å².